The van der Waals surface area contributed by atoms with E-state index in [4.69, 9.17) is 9.47 Å². The Kier molecular flexibility index (Phi) is 5.12. The molecule has 2 aromatic carbocycles. The lowest BCUT2D eigenvalue weighted by Gasteiger charge is -2.25. The number of imidazole rings is 1. The number of carbonyl (C=O) groups excluding carboxylic acids is 1. The topological polar surface area (TPSA) is 65.4 Å². The minimum atomic E-state index is -0.196. The molecule has 1 aliphatic heterocycles. The second-order valence-corrected chi connectivity index (χ2v) is 6.87. The van der Waals surface area contributed by atoms with Crippen LogP contribution < -0.4 is 10.1 Å². The number of amides is 1. The molecule has 6 heteroatoms. The first-order valence-electron chi connectivity index (χ1n) is 9.31. The number of carbonyl (C=O) groups is 1. The normalized spacial score (nSPS) is 16.9. The number of rotatable bonds is 5. The molecule has 1 aliphatic rings. The number of ether oxygens (including phenoxy) is 2. The molecule has 0 fully saturated rings. The molecule has 2 heterocycles. The fourth-order valence-corrected chi connectivity index (χ4v) is 3.43. The molecule has 6 nitrogen and oxygen atoms in total. The minimum absolute atomic E-state index is 0.0305. The molecule has 0 spiro atoms. The average Bonchev–Trinajstić information content (AvgIpc) is 3.18. The van der Waals surface area contributed by atoms with E-state index in [2.05, 4.69) is 22.4 Å². The average molecular weight is 377 g/mol. The van der Waals surface area contributed by atoms with E-state index >= 15 is 0 Å². The van der Waals surface area contributed by atoms with Crippen molar-refractivity contribution in [2.45, 2.75) is 32.2 Å². The third-order valence-electron chi connectivity index (χ3n) is 5.08. The van der Waals surface area contributed by atoms with Gasteiger partial charge in [-0.1, -0.05) is 42.5 Å². The fraction of sp³-hybridized carbons (Fsp3) is 0.273. The lowest BCUT2D eigenvalue weighted by Crippen LogP contribution is -2.29. The molecule has 144 valence electrons. The van der Waals surface area contributed by atoms with Gasteiger partial charge in [-0.05, 0) is 30.2 Å². The van der Waals surface area contributed by atoms with E-state index in [9.17, 15) is 4.79 Å². The molecule has 0 unspecified atom stereocenters. The van der Waals surface area contributed by atoms with Gasteiger partial charge in [0.25, 0.3) is 5.91 Å². The molecular weight excluding hydrogens is 354 g/mol. The van der Waals surface area contributed by atoms with Gasteiger partial charge in [-0.2, -0.15) is 0 Å². The van der Waals surface area contributed by atoms with Crippen LogP contribution in [0.15, 0.2) is 60.9 Å². The molecule has 1 N–H and O–H groups in total. The van der Waals surface area contributed by atoms with Crippen molar-refractivity contribution in [1.82, 2.24) is 14.9 Å². The molecule has 1 aromatic heterocycles. The summed E-state index contributed by atoms with van der Waals surface area (Å²) in [6.45, 7) is 2.96. The molecule has 28 heavy (non-hydrogen) atoms. The molecular formula is C22H23N3O3. The minimum Gasteiger partial charge on any atom is -0.497 e. The highest BCUT2D eigenvalue weighted by Crippen LogP contribution is 2.28. The van der Waals surface area contributed by atoms with Crippen LogP contribution in [-0.2, 0) is 17.9 Å². The maximum atomic E-state index is 12.8. The first-order valence-corrected chi connectivity index (χ1v) is 9.31. The van der Waals surface area contributed by atoms with E-state index < -0.39 is 0 Å². The number of hydrogen-bond acceptors (Lipinski definition) is 4. The van der Waals surface area contributed by atoms with Crippen molar-refractivity contribution in [2.24, 2.45) is 0 Å². The highest BCUT2D eigenvalue weighted by Gasteiger charge is 2.26. The molecule has 2 atom stereocenters. The number of benzene rings is 2. The summed E-state index contributed by atoms with van der Waals surface area (Å²) in [7, 11) is 1.63. The predicted octanol–water partition coefficient (Wildman–Crippen LogP) is 3.65. The molecule has 3 aromatic rings. The van der Waals surface area contributed by atoms with Gasteiger partial charge in [0, 0.05) is 0 Å². The number of aromatic nitrogens is 2. The summed E-state index contributed by atoms with van der Waals surface area (Å²) in [6.07, 6.45) is 1.69. The van der Waals surface area contributed by atoms with Gasteiger partial charge < -0.3 is 19.4 Å². The van der Waals surface area contributed by atoms with E-state index in [0.29, 0.717) is 18.8 Å². The van der Waals surface area contributed by atoms with Crippen molar-refractivity contribution in [1.29, 1.82) is 0 Å². The standard InChI is InChI=1S/C22H23N3O3/c1-15(16-8-10-18(27-2)11-9-16)24-22(26)21-19-13-28-20(12-25(19)14-23-21)17-6-4-3-5-7-17/h3-11,14-15,20H,12-13H2,1-2H3,(H,24,26)/t15-,20+/m1/s1. The van der Waals surface area contributed by atoms with Crippen LogP contribution in [0.5, 0.6) is 5.75 Å². The van der Waals surface area contributed by atoms with Crippen LogP contribution >= 0.6 is 0 Å². The number of hydrogen-bond donors (Lipinski definition) is 1. The van der Waals surface area contributed by atoms with Gasteiger partial charge >= 0.3 is 0 Å². The van der Waals surface area contributed by atoms with Gasteiger partial charge in [-0.3, -0.25) is 4.79 Å². The molecule has 0 saturated heterocycles. The van der Waals surface area contributed by atoms with E-state index in [-0.39, 0.29) is 18.1 Å². The van der Waals surface area contributed by atoms with E-state index in [1.54, 1.807) is 13.4 Å². The van der Waals surface area contributed by atoms with Gasteiger partial charge in [-0.15, -0.1) is 0 Å². The van der Waals surface area contributed by atoms with Crippen LogP contribution in [-0.4, -0.2) is 22.6 Å². The Morgan fingerprint density at radius 3 is 2.68 bits per heavy atom. The van der Waals surface area contributed by atoms with Crippen LogP contribution in [0.3, 0.4) is 0 Å². The predicted molar refractivity (Wildman–Crippen MR) is 105 cm³/mol. The quantitative estimate of drug-likeness (QED) is 0.737. The number of nitrogens with one attached hydrogen (secondary N) is 1. The van der Waals surface area contributed by atoms with Gasteiger partial charge in [0.1, 0.15) is 11.9 Å². The SMILES string of the molecule is COc1ccc([C@@H](C)NC(=O)c2ncn3c2CO[C@H](c2ccccc2)C3)cc1. The highest BCUT2D eigenvalue weighted by atomic mass is 16.5. The van der Waals surface area contributed by atoms with Gasteiger partial charge in [0.2, 0.25) is 0 Å². The number of methoxy groups -OCH3 is 1. The fourth-order valence-electron chi connectivity index (χ4n) is 3.43. The summed E-state index contributed by atoms with van der Waals surface area (Å²) in [6, 6.07) is 17.6. The third kappa shape index (κ3) is 3.64. The van der Waals surface area contributed by atoms with Crippen molar-refractivity contribution < 1.29 is 14.3 Å². The maximum absolute atomic E-state index is 12.8. The summed E-state index contributed by atoms with van der Waals surface area (Å²) in [5.41, 5.74) is 3.36. The zero-order valence-electron chi connectivity index (χ0n) is 16.0. The van der Waals surface area contributed by atoms with E-state index in [1.165, 1.54) is 0 Å². The van der Waals surface area contributed by atoms with Crippen molar-refractivity contribution in [3.63, 3.8) is 0 Å². The van der Waals surface area contributed by atoms with E-state index in [0.717, 1.165) is 22.6 Å². The maximum Gasteiger partial charge on any atom is 0.272 e. The lowest BCUT2D eigenvalue weighted by atomic mass is 10.1. The van der Waals surface area contributed by atoms with Crippen molar-refractivity contribution in [3.8, 4) is 5.75 Å². The van der Waals surface area contributed by atoms with Crippen LogP contribution in [0.4, 0.5) is 0 Å². The van der Waals surface area contributed by atoms with Crippen LogP contribution in [0.2, 0.25) is 0 Å². The zero-order chi connectivity index (χ0) is 19.5. The number of nitrogens with zero attached hydrogens (tertiary/aromatic N) is 2. The van der Waals surface area contributed by atoms with Crippen LogP contribution in [0.1, 0.15) is 46.4 Å². The van der Waals surface area contributed by atoms with Crippen molar-refractivity contribution in [2.75, 3.05) is 7.11 Å². The summed E-state index contributed by atoms with van der Waals surface area (Å²) in [5, 5.41) is 3.02. The van der Waals surface area contributed by atoms with Gasteiger partial charge in [0.15, 0.2) is 5.69 Å². The highest BCUT2D eigenvalue weighted by molar-refractivity contribution is 5.93. The van der Waals surface area contributed by atoms with Crippen LogP contribution in [0, 0.1) is 0 Å². The Bertz CT molecular complexity index is 951. The summed E-state index contributed by atoms with van der Waals surface area (Å²) >= 11 is 0. The Hall–Kier alpha value is -3.12. The Balaban J connectivity index is 1.45. The monoisotopic (exact) mass is 377 g/mol. The second kappa shape index (κ2) is 7.86. The Labute approximate surface area is 164 Å². The Morgan fingerprint density at radius 2 is 1.96 bits per heavy atom. The van der Waals surface area contributed by atoms with Crippen molar-refractivity contribution in [3.05, 3.63) is 83.4 Å². The molecule has 0 aliphatic carbocycles. The summed E-state index contributed by atoms with van der Waals surface area (Å²) < 4.78 is 13.2. The van der Waals surface area contributed by atoms with Gasteiger partial charge in [-0.25, -0.2) is 4.98 Å². The largest absolute Gasteiger partial charge is 0.497 e. The molecule has 0 bridgehead atoms. The molecule has 1 amide bonds. The first kappa shape index (κ1) is 18.3. The van der Waals surface area contributed by atoms with E-state index in [1.807, 2.05) is 54.0 Å². The molecule has 4 rings (SSSR count). The molecule has 0 saturated carbocycles. The smallest absolute Gasteiger partial charge is 0.272 e. The summed E-state index contributed by atoms with van der Waals surface area (Å²) in [4.78, 5) is 17.1. The van der Waals surface area contributed by atoms with Crippen LogP contribution in [0.25, 0.3) is 0 Å². The zero-order valence-corrected chi connectivity index (χ0v) is 16.0. The third-order valence-corrected chi connectivity index (χ3v) is 5.08. The second-order valence-electron chi connectivity index (χ2n) is 6.87. The van der Waals surface area contributed by atoms with Crippen molar-refractivity contribution >= 4 is 5.91 Å². The Morgan fingerprint density at radius 1 is 1.21 bits per heavy atom. The first-order chi connectivity index (χ1) is 13.7. The van der Waals surface area contributed by atoms with Gasteiger partial charge in [0.05, 0.1) is 38.3 Å². The summed E-state index contributed by atoms with van der Waals surface area (Å²) in [5.74, 6) is 0.592. The lowest BCUT2D eigenvalue weighted by molar-refractivity contribution is 0.00256. The number of fused-ring (bicyclic) bond motifs is 1. The molecule has 0 radical (unpaired) electrons.